The minimum absolute atomic E-state index is 0.347. The van der Waals surface area contributed by atoms with E-state index in [1.54, 1.807) is 24.3 Å². The summed E-state index contributed by atoms with van der Waals surface area (Å²) in [6, 6.07) is 6.96. The van der Waals surface area contributed by atoms with E-state index in [2.05, 4.69) is 15.4 Å². The molecule has 0 bridgehead atoms. The summed E-state index contributed by atoms with van der Waals surface area (Å²) in [5.74, 6) is 5.82. The van der Waals surface area contributed by atoms with Crippen molar-refractivity contribution in [2.24, 2.45) is 10.8 Å². The molecule has 0 amide bonds. The summed E-state index contributed by atoms with van der Waals surface area (Å²) in [4.78, 5) is 8.21. The van der Waals surface area contributed by atoms with Crippen molar-refractivity contribution in [1.82, 2.24) is 10.4 Å². The van der Waals surface area contributed by atoms with Gasteiger partial charge in [0.15, 0.2) is 5.84 Å². The van der Waals surface area contributed by atoms with Gasteiger partial charge in [-0.05, 0) is 24.3 Å². The van der Waals surface area contributed by atoms with Gasteiger partial charge in [-0.25, -0.2) is 10.8 Å². The number of aliphatic imine (C=N–C) groups is 1. The second-order valence-corrected chi connectivity index (χ2v) is 4.81. The van der Waals surface area contributed by atoms with Crippen molar-refractivity contribution in [2.45, 2.75) is 0 Å². The molecule has 0 aliphatic rings. The van der Waals surface area contributed by atoms with Gasteiger partial charge in [0.2, 0.25) is 0 Å². The van der Waals surface area contributed by atoms with Crippen LogP contribution in [0.1, 0.15) is 5.56 Å². The molecule has 4 nitrogen and oxygen atoms in total. The minimum atomic E-state index is 0.347. The van der Waals surface area contributed by atoms with Crippen LogP contribution in [0.2, 0.25) is 15.1 Å². The van der Waals surface area contributed by atoms with Gasteiger partial charge >= 0.3 is 0 Å². The standard InChI is InChI=1S/C12H9Cl3N4/c13-7-1-3-8(4-2-7)18-12(19-16)11-9(14)5-17-6-10(11)15/h1-6H,16H2,(H,18,19). The molecule has 0 saturated heterocycles. The number of pyridine rings is 1. The number of halogens is 3. The van der Waals surface area contributed by atoms with E-state index in [1.807, 2.05) is 0 Å². The van der Waals surface area contributed by atoms with Gasteiger partial charge in [0, 0.05) is 17.4 Å². The maximum absolute atomic E-state index is 6.05. The van der Waals surface area contributed by atoms with E-state index in [0.717, 1.165) is 0 Å². The topological polar surface area (TPSA) is 63.3 Å². The summed E-state index contributed by atoms with van der Waals surface area (Å²) < 4.78 is 0. The SMILES string of the molecule is NNC(=Nc1ccc(Cl)cc1)c1c(Cl)cncc1Cl. The van der Waals surface area contributed by atoms with E-state index < -0.39 is 0 Å². The smallest absolute Gasteiger partial charge is 0.151 e. The fraction of sp³-hybridized carbons (Fsp3) is 0. The molecule has 7 heteroatoms. The average molecular weight is 316 g/mol. The molecule has 0 unspecified atom stereocenters. The molecule has 0 radical (unpaired) electrons. The van der Waals surface area contributed by atoms with Crippen molar-refractivity contribution < 1.29 is 0 Å². The molecule has 1 heterocycles. The molecule has 0 spiro atoms. The molecule has 98 valence electrons. The van der Waals surface area contributed by atoms with Gasteiger partial charge in [-0.3, -0.25) is 4.98 Å². The van der Waals surface area contributed by atoms with Gasteiger partial charge < -0.3 is 5.43 Å². The van der Waals surface area contributed by atoms with E-state index >= 15 is 0 Å². The summed E-state index contributed by atoms with van der Waals surface area (Å²) in [5, 5.41) is 1.34. The molecule has 0 atom stereocenters. The van der Waals surface area contributed by atoms with Gasteiger partial charge in [-0.1, -0.05) is 34.8 Å². The highest BCUT2D eigenvalue weighted by Gasteiger charge is 2.12. The molecule has 1 aromatic heterocycles. The quantitative estimate of drug-likeness (QED) is 0.385. The number of nitrogens with two attached hydrogens (primary N) is 1. The van der Waals surface area contributed by atoms with Crippen LogP contribution in [0.3, 0.4) is 0 Å². The van der Waals surface area contributed by atoms with Crippen LogP contribution in [0.15, 0.2) is 41.7 Å². The minimum Gasteiger partial charge on any atom is -0.308 e. The van der Waals surface area contributed by atoms with Crippen LogP contribution < -0.4 is 11.3 Å². The molecule has 3 N–H and O–H groups in total. The number of amidine groups is 1. The van der Waals surface area contributed by atoms with E-state index in [-0.39, 0.29) is 0 Å². The number of nitrogens with zero attached hydrogens (tertiary/aromatic N) is 2. The van der Waals surface area contributed by atoms with Crippen molar-refractivity contribution in [1.29, 1.82) is 0 Å². The molecule has 1 aromatic carbocycles. The number of hydrogen-bond acceptors (Lipinski definition) is 3. The van der Waals surface area contributed by atoms with Crippen LogP contribution in [0.25, 0.3) is 0 Å². The molecular weight excluding hydrogens is 307 g/mol. The Morgan fingerprint density at radius 3 is 2.16 bits per heavy atom. The summed E-state index contributed by atoms with van der Waals surface area (Å²) >= 11 is 17.9. The fourth-order valence-corrected chi connectivity index (χ4v) is 2.11. The van der Waals surface area contributed by atoms with E-state index in [9.17, 15) is 0 Å². The second kappa shape index (κ2) is 6.21. The second-order valence-electron chi connectivity index (χ2n) is 3.56. The lowest BCUT2D eigenvalue weighted by molar-refractivity contribution is 1.02. The van der Waals surface area contributed by atoms with Crippen molar-refractivity contribution >= 4 is 46.3 Å². The lowest BCUT2D eigenvalue weighted by Gasteiger charge is -2.09. The Balaban J connectivity index is 2.47. The van der Waals surface area contributed by atoms with E-state index in [1.165, 1.54) is 12.4 Å². The van der Waals surface area contributed by atoms with Gasteiger partial charge in [-0.15, -0.1) is 0 Å². The van der Waals surface area contributed by atoms with Gasteiger partial charge in [0.05, 0.1) is 21.3 Å². The summed E-state index contributed by atoms with van der Waals surface area (Å²) in [6.07, 6.45) is 2.94. The van der Waals surface area contributed by atoms with Crippen molar-refractivity contribution in [3.05, 3.63) is 57.3 Å². The Bertz CT molecular complexity index is 591. The summed E-state index contributed by atoms with van der Waals surface area (Å²) in [5.41, 5.74) is 3.65. The number of benzene rings is 1. The maximum Gasteiger partial charge on any atom is 0.151 e. The van der Waals surface area contributed by atoms with Crippen LogP contribution in [0, 0.1) is 0 Å². The highest BCUT2D eigenvalue weighted by atomic mass is 35.5. The maximum atomic E-state index is 6.05. The highest BCUT2D eigenvalue weighted by molar-refractivity contribution is 6.39. The molecule has 0 saturated carbocycles. The van der Waals surface area contributed by atoms with Crippen molar-refractivity contribution in [3.8, 4) is 0 Å². The Morgan fingerprint density at radius 1 is 1.05 bits per heavy atom. The Kier molecular flexibility index (Phi) is 4.61. The molecule has 19 heavy (non-hydrogen) atoms. The lowest BCUT2D eigenvalue weighted by atomic mass is 10.2. The third-order valence-electron chi connectivity index (χ3n) is 2.29. The zero-order valence-corrected chi connectivity index (χ0v) is 11.8. The first-order chi connectivity index (χ1) is 9.11. The zero-order chi connectivity index (χ0) is 13.8. The number of aromatic nitrogens is 1. The van der Waals surface area contributed by atoms with Crippen molar-refractivity contribution in [3.63, 3.8) is 0 Å². The first-order valence-corrected chi connectivity index (χ1v) is 6.35. The molecule has 2 aromatic rings. The molecule has 0 aliphatic carbocycles. The van der Waals surface area contributed by atoms with Crippen LogP contribution in [0.5, 0.6) is 0 Å². The monoisotopic (exact) mass is 314 g/mol. The molecule has 2 rings (SSSR count). The van der Waals surface area contributed by atoms with Crippen LogP contribution in [-0.4, -0.2) is 10.8 Å². The van der Waals surface area contributed by atoms with Gasteiger partial charge in [-0.2, -0.15) is 0 Å². The third kappa shape index (κ3) is 3.36. The number of hydrazine groups is 1. The van der Waals surface area contributed by atoms with E-state index in [4.69, 9.17) is 40.6 Å². The lowest BCUT2D eigenvalue weighted by Crippen LogP contribution is -2.31. The predicted octanol–water partition coefficient (Wildman–Crippen LogP) is 3.58. The van der Waals surface area contributed by atoms with Gasteiger partial charge in [0.25, 0.3) is 0 Å². The van der Waals surface area contributed by atoms with Crippen LogP contribution in [0.4, 0.5) is 5.69 Å². The summed E-state index contributed by atoms with van der Waals surface area (Å²) in [7, 11) is 0. The van der Waals surface area contributed by atoms with Gasteiger partial charge in [0.1, 0.15) is 0 Å². The third-order valence-corrected chi connectivity index (χ3v) is 3.12. The molecule has 0 fully saturated rings. The number of hydrogen-bond donors (Lipinski definition) is 2. The first-order valence-electron chi connectivity index (χ1n) is 5.22. The van der Waals surface area contributed by atoms with Crippen LogP contribution >= 0.6 is 34.8 Å². The average Bonchev–Trinajstić information content (AvgIpc) is 2.39. The Morgan fingerprint density at radius 2 is 1.63 bits per heavy atom. The van der Waals surface area contributed by atoms with E-state index in [0.29, 0.717) is 32.2 Å². The first kappa shape index (κ1) is 14.1. The predicted molar refractivity (Wildman–Crippen MR) is 79.2 cm³/mol. The molecular formula is C12H9Cl3N4. The number of rotatable bonds is 2. The molecule has 0 aliphatic heterocycles. The Hall–Kier alpha value is -1.33. The summed E-state index contributed by atoms with van der Waals surface area (Å²) in [6.45, 7) is 0. The fourth-order valence-electron chi connectivity index (χ4n) is 1.44. The van der Waals surface area contributed by atoms with Crippen molar-refractivity contribution in [2.75, 3.05) is 0 Å². The highest BCUT2D eigenvalue weighted by Crippen LogP contribution is 2.25. The Labute approximate surface area is 125 Å². The largest absolute Gasteiger partial charge is 0.308 e. The van der Waals surface area contributed by atoms with Crippen LogP contribution in [-0.2, 0) is 0 Å². The number of nitrogens with one attached hydrogen (secondary N) is 1. The normalized spacial score (nSPS) is 11.5. The zero-order valence-electron chi connectivity index (χ0n) is 9.57.